The van der Waals surface area contributed by atoms with Gasteiger partial charge in [-0.3, -0.25) is 9.59 Å². The molecule has 0 bridgehead atoms. The fourth-order valence-electron chi connectivity index (χ4n) is 1.73. The SMILES string of the molecule is C=CCC(C(=O)c1ccccc1)C(=O)C(C)C. The van der Waals surface area contributed by atoms with Gasteiger partial charge >= 0.3 is 0 Å². The van der Waals surface area contributed by atoms with Crippen molar-refractivity contribution in [1.29, 1.82) is 0 Å². The predicted molar refractivity (Wildman–Crippen MR) is 68.9 cm³/mol. The first kappa shape index (κ1) is 13.4. The Morgan fingerprint density at radius 1 is 1.24 bits per heavy atom. The van der Waals surface area contributed by atoms with Crippen LogP contribution in [0.4, 0.5) is 0 Å². The largest absolute Gasteiger partial charge is 0.299 e. The highest BCUT2D eigenvalue weighted by Crippen LogP contribution is 2.18. The van der Waals surface area contributed by atoms with Crippen molar-refractivity contribution in [2.75, 3.05) is 0 Å². The van der Waals surface area contributed by atoms with Gasteiger partial charge in [0, 0.05) is 11.5 Å². The van der Waals surface area contributed by atoms with Crippen molar-refractivity contribution in [3.8, 4) is 0 Å². The molecule has 2 heteroatoms. The minimum Gasteiger partial charge on any atom is -0.299 e. The second-order valence-electron chi connectivity index (χ2n) is 4.36. The number of Topliss-reactive ketones (excluding diaryl/α,β-unsaturated/α-hetero) is 2. The predicted octanol–water partition coefficient (Wildman–Crippen LogP) is 3.29. The number of benzene rings is 1. The quantitative estimate of drug-likeness (QED) is 0.427. The molecule has 0 aliphatic heterocycles. The maximum Gasteiger partial charge on any atom is 0.173 e. The second kappa shape index (κ2) is 6.14. The Bertz CT molecular complexity index is 404. The van der Waals surface area contributed by atoms with Crippen molar-refractivity contribution in [1.82, 2.24) is 0 Å². The van der Waals surface area contributed by atoms with E-state index in [1.54, 1.807) is 30.3 Å². The molecular formula is C15H18O2. The molecular weight excluding hydrogens is 212 g/mol. The lowest BCUT2D eigenvalue weighted by Crippen LogP contribution is -2.27. The molecule has 0 fully saturated rings. The Morgan fingerprint density at radius 3 is 2.29 bits per heavy atom. The maximum atomic E-state index is 12.2. The van der Waals surface area contributed by atoms with Gasteiger partial charge < -0.3 is 0 Å². The molecule has 0 heterocycles. The lowest BCUT2D eigenvalue weighted by atomic mass is 9.86. The summed E-state index contributed by atoms with van der Waals surface area (Å²) in [6.07, 6.45) is 2.04. The van der Waals surface area contributed by atoms with Gasteiger partial charge in [0.25, 0.3) is 0 Å². The summed E-state index contributed by atoms with van der Waals surface area (Å²) in [5.41, 5.74) is 0.591. The van der Waals surface area contributed by atoms with Gasteiger partial charge in [-0.1, -0.05) is 50.3 Å². The van der Waals surface area contributed by atoms with E-state index >= 15 is 0 Å². The third-order valence-corrected chi connectivity index (χ3v) is 2.69. The normalized spacial score (nSPS) is 12.2. The Morgan fingerprint density at radius 2 is 1.82 bits per heavy atom. The lowest BCUT2D eigenvalue weighted by Gasteiger charge is -2.15. The Kier molecular flexibility index (Phi) is 4.83. The third-order valence-electron chi connectivity index (χ3n) is 2.69. The van der Waals surface area contributed by atoms with Crippen molar-refractivity contribution in [2.45, 2.75) is 20.3 Å². The van der Waals surface area contributed by atoms with Gasteiger partial charge in [-0.25, -0.2) is 0 Å². The van der Waals surface area contributed by atoms with Gasteiger partial charge in [-0.2, -0.15) is 0 Å². The highest BCUT2D eigenvalue weighted by atomic mass is 16.2. The molecule has 0 saturated carbocycles. The van der Waals surface area contributed by atoms with Crippen molar-refractivity contribution >= 4 is 11.6 Å². The van der Waals surface area contributed by atoms with Gasteiger partial charge in [0.2, 0.25) is 0 Å². The molecule has 0 N–H and O–H groups in total. The van der Waals surface area contributed by atoms with Gasteiger partial charge in [0.1, 0.15) is 5.78 Å². The van der Waals surface area contributed by atoms with Crippen molar-refractivity contribution in [3.63, 3.8) is 0 Å². The molecule has 17 heavy (non-hydrogen) atoms. The number of carbonyl (C=O) groups excluding carboxylic acids is 2. The van der Waals surface area contributed by atoms with Crippen molar-refractivity contribution < 1.29 is 9.59 Å². The maximum absolute atomic E-state index is 12.2. The van der Waals surface area contributed by atoms with Crippen LogP contribution in [0.25, 0.3) is 0 Å². The summed E-state index contributed by atoms with van der Waals surface area (Å²) >= 11 is 0. The minimum atomic E-state index is -0.588. The molecule has 1 aromatic rings. The summed E-state index contributed by atoms with van der Waals surface area (Å²) in [4.78, 5) is 24.2. The molecule has 90 valence electrons. The van der Waals surface area contributed by atoms with Crippen LogP contribution in [0.3, 0.4) is 0 Å². The summed E-state index contributed by atoms with van der Waals surface area (Å²) in [6, 6.07) is 8.94. The molecule has 0 radical (unpaired) electrons. The van der Waals surface area contributed by atoms with Crippen LogP contribution in [0.15, 0.2) is 43.0 Å². The summed E-state index contributed by atoms with van der Waals surface area (Å²) in [5, 5.41) is 0. The van der Waals surface area contributed by atoms with Crippen LogP contribution < -0.4 is 0 Å². The highest BCUT2D eigenvalue weighted by molar-refractivity contribution is 6.11. The van der Waals surface area contributed by atoms with Crippen LogP contribution in [0.5, 0.6) is 0 Å². The first-order valence-electron chi connectivity index (χ1n) is 5.81. The number of allylic oxidation sites excluding steroid dienone is 1. The molecule has 0 aliphatic carbocycles. The molecule has 0 spiro atoms. The van der Waals surface area contributed by atoms with E-state index in [1.165, 1.54) is 0 Å². The van der Waals surface area contributed by atoms with Gasteiger partial charge in [0.15, 0.2) is 5.78 Å². The molecule has 0 aliphatic rings. The Balaban J connectivity index is 2.96. The van der Waals surface area contributed by atoms with Crippen LogP contribution in [-0.4, -0.2) is 11.6 Å². The van der Waals surface area contributed by atoms with E-state index in [2.05, 4.69) is 6.58 Å². The molecule has 1 atom stereocenters. The topological polar surface area (TPSA) is 34.1 Å². The van der Waals surface area contributed by atoms with E-state index in [0.29, 0.717) is 12.0 Å². The third kappa shape index (κ3) is 3.38. The van der Waals surface area contributed by atoms with E-state index in [-0.39, 0.29) is 17.5 Å². The van der Waals surface area contributed by atoms with Crippen LogP contribution in [0.1, 0.15) is 30.6 Å². The fourth-order valence-corrected chi connectivity index (χ4v) is 1.73. The monoisotopic (exact) mass is 230 g/mol. The van der Waals surface area contributed by atoms with Gasteiger partial charge in [-0.15, -0.1) is 6.58 Å². The summed E-state index contributed by atoms with van der Waals surface area (Å²) in [7, 11) is 0. The van der Waals surface area contributed by atoms with Gasteiger partial charge in [0.05, 0.1) is 5.92 Å². The number of hydrogen-bond donors (Lipinski definition) is 0. The average Bonchev–Trinajstić information content (AvgIpc) is 2.35. The number of hydrogen-bond acceptors (Lipinski definition) is 2. The molecule has 0 amide bonds. The molecule has 2 nitrogen and oxygen atoms in total. The van der Waals surface area contributed by atoms with E-state index in [4.69, 9.17) is 0 Å². The van der Waals surface area contributed by atoms with Crippen LogP contribution >= 0.6 is 0 Å². The van der Waals surface area contributed by atoms with Crippen molar-refractivity contribution in [3.05, 3.63) is 48.6 Å². The number of carbonyl (C=O) groups is 2. The summed E-state index contributed by atoms with van der Waals surface area (Å²) in [5.74, 6) is -0.842. The summed E-state index contributed by atoms with van der Waals surface area (Å²) in [6.45, 7) is 7.25. The van der Waals surface area contributed by atoms with E-state index < -0.39 is 5.92 Å². The van der Waals surface area contributed by atoms with E-state index in [1.807, 2.05) is 19.9 Å². The Hall–Kier alpha value is -1.70. The standard InChI is InChI=1S/C15H18O2/c1-4-8-13(14(16)11(2)3)15(17)12-9-6-5-7-10-12/h4-7,9-11,13H,1,8H2,2-3H3. The number of ketones is 2. The smallest absolute Gasteiger partial charge is 0.173 e. The first-order chi connectivity index (χ1) is 8.07. The summed E-state index contributed by atoms with van der Waals surface area (Å²) < 4.78 is 0. The molecule has 1 rings (SSSR count). The first-order valence-corrected chi connectivity index (χ1v) is 5.81. The van der Waals surface area contributed by atoms with Crippen molar-refractivity contribution in [2.24, 2.45) is 11.8 Å². The second-order valence-corrected chi connectivity index (χ2v) is 4.36. The van der Waals surface area contributed by atoms with Gasteiger partial charge in [-0.05, 0) is 6.42 Å². The molecule has 0 saturated heterocycles. The average molecular weight is 230 g/mol. The Labute approximate surface area is 102 Å². The van der Waals surface area contributed by atoms with E-state index in [0.717, 1.165) is 0 Å². The van der Waals surface area contributed by atoms with Crippen LogP contribution in [0, 0.1) is 11.8 Å². The van der Waals surface area contributed by atoms with E-state index in [9.17, 15) is 9.59 Å². The molecule has 0 aromatic heterocycles. The van der Waals surface area contributed by atoms with Crippen LogP contribution in [0.2, 0.25) is 0 Å². The minimum absolute atomic E-state index is 0.0150. The highest BCUT2D eigenvalue weighted by Gasteiger charge is 2.27. The molecule has 1 unspecified atom stereocenters. The lowest BCUT2D eigenvalue weighted by molar-refractivity contribution is -0.124. The number of rotatable bonds is 6. The zero-order valence-electron chi connectivity index (χ0n) is 10.3. The zero-order chi connectivity index (χ0) is 12.8. The van der Waals surface area contributed by atoms with Crippen LogP contribution in [-0.2, 0) is 4.79 Å². The molecule has 1 aromatic carbocycles. The fraction of sp³-hybridized carbons (Fsp3) is 0.333. The zero-order valence-corrected chi connectivity index (χ0v) is 10.3.